The van der Waals surface area contributed by atoms with E-state index in [0.29, 0.717) is 30.3 Å². The molecule has 1 saturated heterocycles. The van der Waals surface area contributed by atoms with Crippen molar-refractivity contribution in [1.29, 1.82) is 0 Å². The van der Waals surface area contributed by atoms with Gasteiger partial charge in [-0.05, 0) is 38.0 Å². The molecule has 3 rings (SSSR count). The van der Waals surface area contributed by atoms with Gasteiger partial charge in [0.05, 0.1) is 6.10 Å². The van der Waals surface area contributed by atoms with Crippen molar-refractivity contribution in [3.8, 4) is 11.5 Å². The highest BCUT2D eigenvalue weighted by Crippen LogP contribution is 2.32. The summed E-state index contributed by atoms with van der Waals surface area (Å²) < 4.78 is 16.5. The number of benzene rings is 1. The highest BCUT2D eigenvalue weighted by molar-refractivity contribution is 6.00. The molecule has 1 fully saturated rings. The molecule has 1 aromatic carbocycles. The van der Waals surface area contributed by atoms with Crippen LogP contribution in [0, 0.1) is 0 Å². The largest absolute Gasteiger partial charge is 0.486 e. The van der Waals surface area contributed by atoms with Crippen LogP contribution in [0.3, 0.4) is 0 Å². The molecule has 0 amide bonds. The first kappa shape index (κ1) is 11.5. The van der Waals surface area contributed by atoms with Crippen LogP contribution in [-0.4, -0.2) is 31.2 Å². The lowest BCUT2D eigenvalue weighted by Gasteiger charge is -2.19. The van der Waals surface area contributed by atoms with Crippen molar-refractivity contribution in [1.82, 2.24) is 0 Å². The van der Waals surface area contributed by atoms with Crippen LogP contribution in [-0.2, 0) is 4.74 Å². The number of fused-ring (bicyclic) bond motifs is 1. The number of hydrogen-bond donors (Lipinski definition) is 0. The van der Waals surface area contributed by atoms with Crippen LogP contribution < -0.4 is 9.47 Å². The smallest absolute Gasteiger partial charge is 0.191 e. The summed E-state index contributed by atoms with van der Waals surface area (Å²) in [6.07, 6.45) is 1.62. The van der Waals surface area contributed by atoms with Crippen LogP contribution in [0.1, 0.15) is 30.1 Å². The maximum atomic E-state index is 12.3. The molecule has 2 heterocycles. The van der Waals surface area contributed by atoms with Crippen LogP contribution >= 0.6 is 0 Å². The predicted molar refractivity (Wildman–Crippen MR) is 65.3 cm³/mol. The van der Waals surface area contributed by atoms with Gasteiger partial charge in [-0.2, -0.15) is 0 Å². The van der Waals surface area contributed by atoms with Crippen molar-refractivity contribution in [2.24, 2.45) is 0 Å². The third kappa shape index (κ3) is 2.08. The molecular weight excluding hydrogens is 232 g/mol. The third-order valence-corrected chi connectivity index (χ3v) is 3.35. The molecule has 2 aliphatic heterocycles. The van der Waals surface area contributed by atoms with Crippen molar-refractivity contribution in [2.75, 3.05) is 13.2 Å². The standard InChI is InChI=1S/C14H16O4/c1-9-2-4-12(18-9)14(15)10-3-5-11-13(8-10)17-7-6-16-11/h3,5,8-9,12H,2,4,6-7H2,1H3. The number of ether oxygens (including phenoxy) is 3. The molecule has 0 aliphatic carbocycles. The van der Waals surface area contributed by atoms with Crippen molar-refractivity contribution < 1.29 is 19.0 Å². The van der Waals surface area contributed by atoms with E-state index in [2.05, 4.69) is 0 Å². The van der Waals surface area contributed by atoms with E-state index < -0.39 is 0 Å². The molecule has 2 atom stereocenters. The van der Waals surface area contributed by atoms with Gasteiger partial charge >= 0.3 is 0 Å². The molecular formula is C14H16O4. The van der Waals surface area contributed by atoms with E-state index >= 15 is 0 Å². The van der Waals surface area contributed by atoms with Gasteiger partial charge in [-0.15, -0.1) is 0 Å². The molecule has 0 saturated carbocycles. The topological polar surface area (TPSA) is 44.8 Å². The Hall–Kier alpha value is -1.55. The minimum atomic E-state index is -0.303. The van der Waals surface area contributed by atoms with E-state index in [9.17, 15) is 4.79 Å². The summed E-state index contributed by atoms with van der Waals surface area (Å²) in [6, 6.07) is 5.32. The minimum absolute atomic E-state index is 0.0383. The Morgan fingerprint density at radius 1 is 1.17 bits per heavy atom. The van der Waals surface area contributed by atoms with Gasteiger partial charge in [-0.25, -0.2) is 0 Å². The molecule has 1 aromatic rings. The zero-order valence-electron chi connectivity index (χ0n) is 10.3. The van der Waals surface area contributed by atoms with Gasteiger partial charge < -0.3 is 14.2 Å². The average Bonchev–Trinajstić information content (AvgIpc) is 2.84. The molecule has 4 heteroatoms. The van der Waals surface area contributed by atoms with Gasteiger partial charge in [0.15, 0.2) is 17.3 Å². The number of carbonyl (C=O) groups excluding carboxylic acids is 1. The molecule has 0 aromatic heterocycles. The molecule has 96 valence electrons. The molecule has 18 heavy (non-hydrogen) atoms. The fourth-order valence-electron chi connectivity index (χ4n) is 2.38. The van der Waals surface area contributed by atoms with Gasteiger partial charge in [-0.1, -0.05) is 0 Å². The summed E-state index contributed by atoms with van der Waals surface area (Å²) in [5.41, 5.74) is 0.637. The first-order valence-electron chi connectivity index (χ1n) is 6.33. The number of Topliss-reactive ketones (excluding diaryl/α,β-unsaturated/α-hetero) is 1. The zero-order valence-corrected chi connectivity index (χ0v) is 10.3. The third-order valence-electron chi connectivity index (χ3n) is 3.35. The van der Waals surface area contributed by atoms with Crippen molar-refractivity contribution >= 4 is 5.78 Å². The van der Waals surface area contributed by atoms with E-state index in [0.717, 1.165) is 12.8 Å². The molecule has 4 nitrogen and oxygen atoms in total. The monoisotopic (exact) mass is 248 g/mol. The van der Waals surface area contributed by atoms with Gasteiger partial charge in [0.1, 0.15) is 19.3 Å². The van der Waals surface area contributed by atoms with E-state index in [4.69, 9.17) is 14.2 Å². The molecule has 2 aliphatic rings. The lowest BCUT2D eigenvalue weighted by molar-refractivity contribution is 0.0433. The summed E-state index contributed by atoms with van der Waals surface area (Å²) in [4.78, 5) is 12.3. The Morgan fingerprint density at radius 3 is 2.67 bits per heavy atom. The van der Waals surface area contributed by atoms with Crippen molar-refractivity contribution in [3.05, 3.63) is 23.8 Å². The van der Waals surface area contributed by atoms with Crippen molar-refractivity contribution in [3.63, 3.8) is 0 Å². The lowest BCUT2D eigenvalue weighted by Crippen LogP contribution is -2.21. The second kappa shape index (κ2) is 4.61. The minimum Gasteiger partial charge on any atom is -0.486 e. The van der Waals surface area contributed by atoms with Gasteiger partial charge in [0, 0.05) is 5.56 Å². The molecule has 2 unspecified atom stereocenters. The molecule has 0 N–H and O–H groups in total. The van der Waals surface area contributed by atoms with Crippen molar-refractivity contribution in [2.45, 2.75) is 32.0 Å². The van der Waals surface area contributed by atoms with Crippen LogP contribution in [0.15, 0.2) is 18.2 Å². The summed E-state index contributed by atoms with van der Waals surface area (Å²) in [5, 5.41) is 0. The Balaban J connectivity index is 1.81. The van der Waals surface area contributed by atoms with Gasteiger partial charge in [0.2, 0.25) is 0 Å². The zero-order chi connectivity index (χ0) is 12.5. The van der Waals surface area contributed by atoms with E-state index in [-0.39, 0.29) is 18.0 Å². The van der Waals surface area contributed by atoms with Gasteiger partial charge in [0.25, 0.3) is 0 Å². The Morgan fingerprint density at radius 2 is 1.94 bits per heavy atom. The average molecular weight is 248 g/mol. The van der Waals surface area contributed by atoms with Gasteiger partial charge in [-0.3, -0.25) is 4.79 Å². The number of ketones is 1. The van der Waals surface area contributed by atoms with E-state index in [1.807, 2.05) is 6.92 Å². The highest BCUT2D eigenvalue weighted by Gasteiger charge is 2.29. The fourth-order valence-corrected chi connectivity index (χ4v) is 2.38. The maximum absolute atomic E-state index is 12.3. The molecule has 0 radical (unpaired) electrons. The quantitative estimate of drug-likeness (QED) is 0.753. The normalized spacial score (nSPS) is 26.1. The summed E-state index contributed by atoms with van der Waals surface area (Å²) >= 11 is 0. The Bertz CT molecular complexity index is 469. The lowest BCUT2D eigenvalue weighted by atomic mass is 10.0. The van der Waals surface area contributed by atoms with Crippen LogP contribution in [0.4, 0.5) is 0 Å². The first-order chi connectivity index (χ1) is 8.74. The SMILES string of the molecule is CC1CCC(C(=O)c2ccc3c(c2)OCCO3)O1. The van der Waals surface area contributed by atoms with E-state index in [1.54, 1.807) is 18.2 Å². The summed E-state index contributed by atoms with van der Waals surface area (Å²) in [6.45, 7) is 3.09. The Labute approximate surface area is 106 Å². The predicted octanol–water partition coefficient (Wildman–Crippen LogP) is 2.21. The fraction of sp³-hybridized carbons (Fsp3) is 0.500. The molecule has 0 bridgehead atoms. The maximum Gasteiger partial charge on any atom is 0.191 e. The molecule has 0 spiro atoms. The second-order valence-corrected chi connectivity index (χ2v) is 4.74. The number of rotatable bonds is 2. The van der Waals surface area contributed by atoms with Crippen LogP contribution in [0.5, 0.6) is 11.5 Å². The van der Waals surface area contributed by atoms with E-state index in [1.165, 1.54) is 0 Å². The summed E-state index contributed by atoms with van der Waals surface area (Å²) in [7, 11) is 0. The van der Waals surface area contributed by atoms with Crippen LogP contribution in [0.25, 0.3) is 0 Å². The highest BCUT2D eigenvalue weighted by atomic mass is 16.6. The Kier molecular flexibility index (Phi) is 2.96. The second-order valence-electron chi connectivity index (χ2n) is 4.74. The summed E-state index contributed by atoms with van der Waals surface area (Å²) in [5.74, 6) is 1.40. The van der Waals surface area contributed by atoms with Crippen LogP contribution in [0.2, 0.25) is 0 Å². The first-order valence-corrected chi connectivity index (χ1v) is 6.33. The number of carbonyl (C=O) groups is 1. The number of hydrogen-bond acceptors (Lipinski definition) is 4.